The van der Waals surface area contributed by atoms with Crippen molar-refractivity contribution in [1.29, 1.82) is 0 Å². The minimum Gasteiger partial charge on any atom is -0.481 e. The summed E-state index contributed by atoms with van der Waals surface area (Å²) in [5.41, 5.74) is 0. The monoisotopic (exact) mass is 278 g/mol. The van der Waals surface area contributed by atoms with Gasteiger partial charge < -0.3 is 10.4 Å². The van der Waals surface area contributed by atoms with Gasteiger partial charge in [0.1, 0.15) is 5.92 Å². The molecule has 0 saturated carbocycles. The summed E-state index contributed by atoms with van der Waals surface area (Å²) in [6, 6.07) is -0.155. The van der Waals surface area contributed by atoms with E-state index in [1.807, 2.05) is 0 Å². The highest BCUT2D eigenvalue weighted by molar-refractivity contribution is 7.88. The molecule has 1 rings (SSSR count). The molecule has 0 aromatic rings. The topological polar surface area (TPSA) is 104 Å². The number of carboxylic acid groups (broad SMARTS) is 1. The van der Waals surface area contributed by atoms with E-state index in [1.165, 1.54) is 11.2 Å². The standard InChI is InChI=1S/C10H18N2O5S/c1-7(10(14)15)9(13)11-8-3-5-12(6-4-8)18(2,16)17/h7-8H,3-6H2,1-2H3,(H,11,13)(H,14,15). The molecule has 18 heavy (non-hydrogen) atoms. The van der Waals surface area contributed by atoms with Crippen LogP contribution in [0.2, 0.25) is 0 Å². The van der Waals surface area contributed by atoms with Crippen LogP contribution in [-0.4, -0.2) is 55.1 Å². The molecule has 104 valence electrons. The van der Waals surface area contributed by atoms with Gasteiger partial charge in [0, 0.05) is 19.1 Å². The fourth-order valence-corrected chi connectivity index (χ4v) is 2.64. The van der Waals surface area contributed by atoms with Crippen LogP contribution in [0.5, 0.6) is 0 Å². The van der Waals surface area contributed by atoms with Crippen LogP contribution in [0.3, 0.4) is 0 Å². The van der Waals surface area contributed by atoms with Crippen molar-refractivity contribution in [3.63, 3.8) is 0 Å². The number of piperidine rings is 1. The number of rotatable bonds is 4. The largest absolute Gasteiger partial charge is 0.481 e. The minimum absolute atomic E-state index is 0.155. The first-order valence-electron chi connectivity index (χ1n) is 5.70. The Kier molecular flexibility index (Phi) is 4.69. The molecule has 1 atom stereocenters. The quantitative estimate of drug-likeness (QED) is 0.658. The molecule has 0 aromatic carbocycles. The Balaban J connectivity index is 2.45. The molecule has 0 radical (unpaired) electrons. The molecule has 8 heteroatoms. The summed E-state index contributed by atoms with van der Waals surface area (Å²) in [7, 11) is -3.18. The van der Waals surface area contributed by atoms with Crippen molar-refractivity contribution in [3.8, 4) is 0 Å². The molecule has 2 N–H and O–H groups in total. The summed E-state index contributed by atoms with van der Waals surface area (Å²) in [6.45, 7) is 2.03. The lowest BCUT2D eigenvalue weighted by molar-refractivity contribution is -0.146. The molecule has 1 aliphatic heterocycles. The van der Waals surface area contributed by atoms with Gasteiger partial charge in [-0.15, -0.1) is 0 Å². The maximum atomic E-state index is 11.5. The van der Waals surface area contributed by atoms with Crippen molar-refractivity contribution in [3.05, 3.63) is 0 Å². The van der Waals surface area contributed by atoms with Gasteiger partial charge in [-0.3, -0.25) is 9.59 Å². The molecule has 1 saturated heterocycles. The highest BCUT2D eigenvalue weighted by Crippen LogP contribution is 2.13. The van der Waals surface area contributed by atoms with Gasteiger partial charge in [-0.1, -0.05) is 0 Å². The smallest absolute Gasteiger partial charge is 0.315 e. The van der Waals surface area contributed by atoms with Crippen molar-refractivity contribution >= 4 is 21.9 Å². The zero-order valence-corrected chi connectivity index (χ0v) is 11.2. The number of sulfonamides is 1. The Morgan fingerprint density at radius 1 is 1.33 bits per heavy atom. The van der Waals surface area contributed by atoms with E-state index < -0.39 is 27.8 Å². The summed E-state index contributed by atoms with van der Waals surface area (Å²) in [5, 5.41) is 11.3. The third-order valence-electron chi connectivity index (χ3n) is 3.03. The van der Waals surface area contributed by atoms with Gasteiger partial charge in [-0.05, 0) is 19.8 Å². The van der Waals surface area contributed by atoms with Crippen LogP contribution in [0.1, 0.15) is 19.8 Å². The minimum atomic E-state index is -3.18. The van der Waals surface area contributed by atoms with Crippen molar-refractivity contribution in [2.45, 2.75) is 25.8 Å². The average molecular weight is 278 g/mol. The van der Waals surface area contributed by atoms with Gasteiger partial charge in [-0.25, -0.2) is 12.7 Å². The number of nitrogens with one attached hydrogen (secondary N) is 1. The van der Waals surface area contributed by atoms with Crippen LogP contribution < -0.4 is 5.32 Å². The molecule has 1 heterocycles. The first kappa shape index (κ1) is 14.9. The lowest BCUT2D eigenvalue weighted by Crippen LogP contribution is -2.48. The van der Waals surface area contributed by atoms with Gasteiger partial charge >= 0.3 is 5.97 Å². The van der Waals surface area contributed by atoms with Gasteiger partial charge in [0.25, 0.3) is 0 Å². The predicted molar refractivity (Wildman–Crippen MR) is 64.4 cm³/mol. The molecule has 1 unspecified atom stereocenters. The molecular weight excluding hydrogens is 260 g/mol. The van der Waals surface area contributed by atoms with Crippen molar-refractivity contribution in [2.75, 3.05) is 19.3 Å². The summed E-state index contributed by atoms with van der Waals surface area (Å²) in [6.07, 6.45) is 2.16. The van der Waals surface area contributed by atoms with E-state index in [-0.39, 0.29) is 6.04 Å². The lowest BCUT2D eigenvalue weighted by atomic mass is 10.1. The molecule has 1 fully saturated rings. The lowest BCUT2D eigenvalue weighted by Gasteiger charge is -2.30. The first-order chi connectivity index (χ1) is 8.21. The van der Waals surface area contributed by atoms with Gasteiger partial charge in [0.2, 0.25) is 15.9 Å². The Bertz CT molecular complexity index is 426. The van der Waals surface area contributed by atoms with Crippen molar-refractivity contribution in [1.82, 2.24) is 9.62 Å². The van der Waals surface area contributed by atoms with Crippen molar-refractivity contribution < 1.29 is 23.1 Å². The van der Waals surface area contributed by atoms with Crippen LogP contribution in [0, 0.1) is 5.92 Å². The Morgan fingerprint density at radius 2 is 1.83 bits per heavy atom. The maximum absolute atomic E-state index is 11.5. The van der Waals surface area contributed by atoms with Crippen molar-refractivity contribution in [2.24, 2.45) is 5.92 Å². The summed E-state index contributed by atoms with van der Waals surface area (Å²) in [4.78, 5) is 22.1. The Morgan fingerprint density at radius 3 is 2.22 bits per heavy atom. The fraction of sp³-hybridized carbons (Fsp3) is 0.800. The van der Waals surface area contributed by atoms with Crippen LogP contribution in [0.15, 0.2) is 0 Å². The normalized spacial score (nSPS) is 20.3. The van der Waals surface area contributed by atoms with E-state index in [2.05, 4.69) is 5.32 Å². The number of carbonyl (C=O) groups excluding carboxylic acids is 1. The number of hydrogen-bond donors (Lipinski definition) is 2. The fourth-order valence-electron chi connectivity index (χ4n) is 1.77. The highest BCUT2D eigenvalue weighted by Gasteiger charge is 2.28. The molecule has 0 spiro atoms. The van der Waals surface area contributed by atoms with Gasteiger partial charge in [-0.2, -0.15) is 0 Å². The summed E-state index contributed by atoms with van der Waals surface area (Å²) in [5.74, 6) is -2.78. The maximum Gasteiger partial charge on any atom is 0.315 e. The Labute approximate surface area is 106 Å². The van der Waals surface area contributed by atoms with Gasteiger partial charge in [0.05, 0.1) is 6.26 Å². The van der Waals surface area contributed by atoms with E-state index in [1.54, 1.807) is 0 Å². The first-order valence-corrected chi connectivity index (χ1v) is 7.55. The SMILES string of the molecule is CC(C(=O)O)C(=O)NC1CCN(S(C)(=O)=O)CC1. The average Bonchev–Trinajstić information content (AvgIpc) is 2.27. The zero-order valence-electron chi connectivity index (χ0n) is 10.4. The highest BCUT2D eigenvalue weighted by atomic mass is 32.2. The number of carboxylic acids is 1. The molecule has 0 aliphatic carbocycles. The van der Waals surface area contributed by atoms with Crippen LogP contribution in [0.4, 0.5) is 0 Å². The van der Waals surface area contributed by atoms with E-state index in [0.717, 1.165) is 6.26 Å². The van der Waals surface area contributed by atoms with Crippen LogP contribution in [-0.2, 0) is 19.6 Å². The zero-order chi connectivity index (χ0) is 13.9. The molecular formula is C10H18N2O5S. The molecule has 7 nitrogen and oxygen atoms in total. The summed E-state index contributed by atoms with van der Waals surface area (Å²) < 4.78 is 23.9. The third kappa shape index (κ3) is 3.95. The molecule has 0 bridgehead atoms. The number of hydrogen-bond acceptors (Lipinski definition) is 4. The predicted octanol–water partition coefficient (Wildman–Crippen LogP) is -0.753. The second-order valence-corrected chi connectivity index (χ2v) is 6.49. The van der Waals surface area contributed by atoms with Crippen LogP contribution >= 0.6 is 0 Å². The van der Waals surface area contributed by atoms with E-state index in [4.69, 9.17) is 5.11 Å². The molecule has 1 amide bonds. The second kappa shape index (κ2) is 5.66. The number of aliphatic carboxylic acids is 1. The molecule has 0 aromatic heterocycles. The number of carbonyl (C=O) groups is 2. The van der Waals surface area contributed by atoms with Gasteiger partial charge in [0.15, 0.2) is 0 Å². The number of amides is 1. The second-order valence-electron chi connectivity index (χ2n) is 4.50. The van der Waals surface area contributed by atoms with E-state index in [0.29, 0.717) is 25.9 Å². The molecule has 1 aliphatic rings. The Hall–Kier alpha value is -1.15. The van der Waals surface area contributed by atoms with Crippen LogP contribution in [0.25, 0.3) is 0 Å². The van der Waals surface area contributed by atoms with E-state index >= 15 is 0 Å². The number of nitrogens with zero attached hydrogens (tertiary/aromatic N) is 1. The third-order valence-corrected chi connectivity index (χ3v) is 4.34. The van der Waals surface area contributed by atoms with E-state index in [9.17, 15) is 18.0 Å². The summed E-state index contributed by atoms with van der Waals surface area (Å²) >= 11 is 0.